The van der Waals surface area contributed by atoms with E-state index in [1.54, 1.807) is 18.2 Å². The van der Waals surface area contributed by atoms with E-state index in [2.05, 4.69) is 0 Å². The van der Waals surface area contributed by atoms with Crippen molar-refractivity contribution in [1.29, 1.82) is 0 Å². The summed E-state index contributed by atoms with van der Waals surface area (Å²) in [6, 6.07) is 10.2. The molecule has 2 aromatic carbocycles. The minimum atomic E-state index is -2.88. The number of carbonyl (C=O) groups is 3. The molecule has 9 heteroatoms. The van der Waals surface area contributed by atoms with Crippen LogP contribution in [-0.4, -0.2) is 54.7 Å². The molecule has 3 aliphatic rings. The van der Waals surface area contributed by atoms with E-state index in [0.29, 0.717) is 11.1 Å². The third kappa shape index (κ3) is 3.35. The highest BCUT2D eigenvalue weighted by Crippen LogP contribution is 2.55. The Morgan fingerprint density at radius 3 is 2.35 bits per heavy atom. The summed E-state index contributed by atoms with van der Waals surface area (Å²) in [6.07, 6.45) is -0.570. The predicted octanol–water partition coefficient (Wildman–Crippen LogP) is 2.01. The number of nitrogens with two attached hydrogens (primary N) is 1. The number of Topliss-reactive ketones (excluding diaryl/α,β-unsaturated/α-hetero) is 2. The van der Waals surface area contributed by atoms with E-state index < -0.39 is 70.1 Å². The highest BCUT2D eigenvalue weighted by molar-refractivity contribution is 6.23. The topological polar surface area (TPSA) is 178 Å². The minimum absolute atomic E-state index is 0.0857. The number of amides is 1. The third-order valence-electron chi connectivity index (χ3n) is 7.47. The Morgan fingerprint density at radius 1 is 1.08 bits per heavy atom. The van der Waals surface area contributed by atoms with Gasteiger partial charge in [-0.2, -0.15) is 0 Å². The fourth-order valence-corrected chi connectivity index (χ4v) is 5.96. The summed E-state index contributed by atoms with van der Waals surface area (Å²) in [5, 5.41) is 55.6. The molecule has 0 radical (unpaired) electrons. The molecular weight excluding hydrogens is 478 g/mol. The van der Waals surface area contributed by atoms with Crippen LogP contribution in [0.3, 0.4) is 0 Å². The van der Waals surface area contributed by atoms with Crippen molar-refractivity contribution in [2.24, 2.45) is 17.6 Å². The van der Waals surface area contributed by atoms with Crippen molar-refractivity contribution in [3.05, 3.63) is 81.1 Å². The van der Waals surface area contributed by atoms with Crippen molar-refractivity contribution in [2.75, 3.05) is 0 Å². The Morgan fingerprint density at radius 2 is 1.73 bits per heavy atom. The van der Waals surface area contributed by atoms with E-state index in [-0.39, 0.29) is 11.3 Å². The highest BCUT2D eigenvalue weighted by atomic mass is 16.4. The van der Waals surface area contributed by atoms with Crippen molar-refractivity contribution in [3.63, 3.8) is 0 Å². The fraction of sp³-hybridized carbons (Fsp3) is 0.250. The van der Waals surface area contributed by atoms with Crippen LogP contribution in [-0.2, 0) is 14.4 Å². The molecule has 5 rings (SSSR count). The van der Waals surface area contributed by atoms with Crippen molar-refractivity contribution >= 4 is 34.9 Å². The summed E-state index contributed by atoms with van der Waals surface area (Å²) in [4.78, 5) is 38.3. The number of hydrogen-bond donors (Lipinski definition) is 6. The monoisotopic (exact) mass is 503 g/mol. The van der Waals surface area contributed by atoms with Crippen molar-refractivity contribution < 1.29 is 39.9 Å². The Labute approximate surface area is 211 Å². The molecular formula is C28H25NO8. The summed E-state index contributed by atoms with van der Waals surface area (Å²) >= 11 is 0. The maximum Gasteiger partial charge on any atom is 0.255 e. The van der Waals surface area contributed by atoms with E-state index in [4.69, 9.17) is 5.73 Å². The van der Waals surface area contributed by atoms with Gasteiger partial charge >= 0.3 is 0 Å². The molecule has 1 saturated carbocycles. The van der Waals surface area contributed by atoms with Crippen LogP contribution < -0.4 is 5.73 Å². The number of hydrogen-bond acceptors (Lipinski definition) is 8. The number of aliphatic hydroxyl groups is 4. The van der Waals surface area contributed by atoms with E-state index in [1.165, 1.54) is 6.07 Å². The second-order valence-corrected chi connectivity index (χ2v) is 9.87. The van der Waals surface area contributed by atoms with Crippen LogP contribution in [0.4, 0.5) is 0 Å². The van der Waals surface area contributed by atoms with E-state index in [1.807, 2.05) is 32.0 Å². The second kappa shape index (κ2) is 8.16. The molecule has 1 amide bonds. The minimum Gasteiger partial charge on any atom is -0.508 e. The molecule has 2 aromatic rings. The quantitative estimate of drug-likeness (QED) is 0.337. The Bertz CT molecular complexity index is 1490. The molecule has 0 spiro atoms. The molecule has 0 aliphatic heterocycles. The third-order valence-corrected chi connectivity index (χ3v) is 7.47. The first-order valence-corrected chi connectivity index (χ1v) is 11.7. The van der Waals surface area contributed by atoms with Crippen molar-refractivity contribution in [2.45, 2.75) is 32.0 Å². The van der Waals surface area contributed by atoms with Gasteiger partial charge in [0.25, 0.3) is 5.91 Å². The number of ketones is 2. The zero-order valence-electron chi connectivity index (χ0n) is 20.0. The van der Waals surface area contributed by atoms with Crippen LogP contribution in [0.1, 0.15) is 34.2 Å². The number of aromatic hydroxyl groups is 1. The average molecular weight is 504 g/mol. The first-order valence-electron chi connectivity index (χ1n) is 11.7. The Balaban J connectivity index is 1.83. The molecule has 7 N–H and O–H groups in total. The zero-order valence-corrected chi connectivity index (χ0v) is 20.0. The lowest BCUT2D eigenvalue weighted by molar-refractivity contribution is -0.157. The van der Waals surface area contributed by atoms with Gasteiger partial charge in [-0.15, -0.1) is 0 Å². The molecule has 1 fully saturated rings. The smallest absolute Gasteiger partial charge is 0.255 e. The lowest BCUT2D eigenvalue weighted by Crippen LogP contribution is -2.63. The number of aliphatic hydroxyl groups excluding tert-OH is 3. The molecule has 37 heavy (non-hydrogen) atoms. The molecule has 4 atom stereocenters. The van der Waals surface area contributed by atoms with Crippen LogP contribution in [0, 0.1) is 25.7 Å². The summed E-state index contributed by atoms with van der Waals surface area (Å²) in [5.74, 6) is -8.49. The molecule has 190 valence electrons. The second-order valence-electron chi connectivity index (χ2n) is 9.87. The first-order chi connectivity index (χ1) is 17.4. The van der Waals surface area contributed by atoms with Gasteiger partial charge in [-0.25, -0.2) is 0 Å². The summed E-state index contributed by atoms with van der Waals surface area (Å²) in [6.45, 7) is 3.82. The van der Waals surface area contributed by atoms with Gasteiger partial charge in [0.05, 0.1) is 17.2 Å². The van der Waals surface area contributed by atoms with Crippen molar-refractivity contribution in [1.82, 2.24) is 0 Å². The van der Waals surface area contributed by atoms with Gasteiger partial charge in [0.1, 0.15) is 22.8 Å². The Kier molecular flexibility index (Phi) is 5.40. The predicted molar refractivity (Wildman–Crippen MR) is 133 cm³/mol. The number of fused-ring (bicyclic) bond motifs is 3. The molecule has 3 aliphatic carbocycles. The Hall–Kier alpha value is -4.21. The van der Waals surface area contributed by atoms with Crippen LogP contribution in [0.15, 0.2) is 53.3 Å². The maximum atomic E-state index is 13.8. The summed E-state index contributed by atoms with van der Waals surface area (Å²) in [7, 11) is 0. The van der Waals surface area contributed by atoms with Gasteiger partial charge < -0.3 is 31.3 Å². The molecule has 4 unspecified atom stereocenters. The zero-order chi connectivity index (χ0) is 27.0. The number of primary amides is 1. The van der Waals surface area contributed by atoms with Crippen molar-refractivity contribution in [3.8, 4) is 5.75 Å². The largest absolute Gasteiger partial charge is 0.508 e. The lowest BCUT2D eigenvalue weighted by atomic mass is 9.56. The number of carbonyl (C=O) groups excluding carboxylic acids is 3. The maximum absolute atomic E-state index is 13.8. The van der Waals surface area contributed by atoms with E-state index in [9.17, 15) is 39.9 Å². The first kappa shape index (κ1) is 24.5. The van der Waals surface area contributed by atoms with E-state index >= 15 is 0 Å². The molecule has 0 saturated heterocycles. The standard InChI is InChI=1S/C28H25NO8/c1-11-6-12(2)8-13(7-11)9-15-14-4-3-5-17(30)19(14)24(33)22-20(15)23(32)16-10-18(31)21(27(29)36)25(34)28(16,37)26(22)35/h3-9,16,20,23,30,32-34,37H,10H2,1-2H3,(H2,29,36)/b15-9+. The number of phenols is 1. The average Bonchev–Trinajstić information content (AvgIpc) is 2.80. The normalized spacial score (nSPS) is 28.2. The number of benzene rings is 2. The van der Waals surface area contributed by atoms with Gasteiger partial charge in [-0.1, -0.05) is 47.5 Å². The van der Waals surface area contributed by atoms with Crippen LogP contribution in [0.2, 0.25) is 0 Å². The molecule has 9 nitrogen and oxygen atoms in total. The van der Waals surface area contributed by atoms with Crippen LogP contribution in [0.5, 0.6) is 5.75 Å². The van der Waals surface area contributed by atoms with E-state index in [0.717, 1.165) is 16.7 Å². The molecule has 0 aromatic heterocycles. The van der Waals surface area contributed by atoms with Gasteiger partial charge in [-0.05, 0) is 36.6 Å². The molecule has 0 heterocycles. The lowest BCUT2D eigenvalue weighted by Gasteiger charge is -2.49. The highest BCUT2D eigenvalue weighted by Gasteiger charge is 2.64. The van der Waals surface area contributed by atoms with Crippen LogP contribution in [0.25, 0.3) is 17.4 Å². The van der Waals surface area contributed by atoms with Crippen LogP contribution >= 0.6 is 0 Å². The van der Waals surface area contributed by atoms with Gasteiger partial charge in [-0.3, -0.25) is 14.4 Å². The fourth-order valence-electron chi connectivity index (χ4n) is 5.96. The number of aryl methyl sites for hydroxylation is 2. The number of rotatable bonds is 2. The number of phenolic OH excluding ortho intramolecular Hbond substituents is 1. The molecule has 0 bridgehead atoms. The summed E-state index contributed by atoms with van der Waals surface area (Å²) in [5.41, 5.74) is 4.21. The SMILES string of the molecule is Cc1cc(C)cc(/C=C2\c3cccc(O)c3C(O)=C3C(=O)C4(O)C(O)=C(C(N)=O)C(=O)CC4C(O)C32)c1. The van der Waals surface area contributed by atoms with Gasteiger partial charge in [0.15, 0.2) is 11.4 Å². The van der Waals surface area contributed by atoms with Gasteiger partial charge in [0, 0.05) is 18.3 Å². The summed E-state index contributed by atoms with van der Waals surface area (Å²) < 4.78 is 0. The van der Waals surface area contributed by atoms with Gasteiger partial charge in [0.2, 0.25) is 5.78 Å².